The zero-order valence-electron chi connectivity index (χ0n) is 13.9. The molecule has 0 amide bonds. The fourth-order valence-electron chi connectivity index (χ4n) is 2.55. The molecule has 1 aliphatic rings. The molecule has 1 aliphatic heterocycles. The van der Waals surface area contributed by atoms with Gasteiger partial charge in [-0.3, -0.25) is 0 Å². The van der Waals surface area contributed by atoms with Gasteiger partial charge in [-0.15, -0.1) is 0 Å². The van der Waals surface area contributed by atoms with Crippen LogP contribution >= 0.6 is 15.9 Å². The van der Waals surface area contributed by atoms with Crippen molar-refractivity contribution in [3.8, 4) is 0 Å². The summed E-state index contributed by atoms with van der Waals surface area (Å²) in [6, 6.07) is 8.49. The van der Waals surface area contributed by atoms with E-state index in [4.69, 9.17) is 4.43 Å². The van der Waals surface area contributed by atoms with Crippen LogP contribution in [0.3, 0.4) is 0 Å². The molecule has 2 nitrogen and oxygen atoms in total. The number of nitrogens with zero attached hydrogens (tertiary/aromatic N) is 1. The molecule has 1 heterocycles. The molecule has 4 heteroatoms. The summed E-state index contributed by atoms with van der Waals surface area (Å²) in [5.74, 6) is 0. The second kappa shape index (κ2) is 6.43. The predicted molar refractivity (Wildman–Crippen MR) is 97.7 cm³/mol. The molecule has 0 unspecified atom stereocenters. The van der Waals surface area contributed by atoms with Gasteiger partial charge in [0.25, 0.3) is 0 Å². The summed E-state index contributed by atoms with van der Waals surface area (Å²) in [5.41, 5.74) is 1.29. The van der Waals surface area contributed by atoms with Crippen molar-refractivity contribution in [1.82, 2.24) is 0 Å². The van der Waals surface area contributed by atoms with E-state index in [1.165, 1.54) is 23.0 Å². The minimum absolute atomic E-state index is 0.280. The van der Waals surface area contributed by atoms with E-state index in [0.29, 0.717) is 6.10 Å². The van der Waals surface area contributed by atoms with Gasteiger partial charge in [0, 0.05) is 17.6 Å². The van der Waals surface area contributed by atoms with Gasteiger partial charge in [0.1, 0.15) is 0 Å². The van der Waals surface area contributed by atoms with Crippen molar-refractivity contribution >= 4 is 29.9 Å². The van der Waals surface area contributed by atoms with E-state index in [0.717, 1.165) is 13.1 Å². The molecule has 21 heavy (non-hydrogen) atoms. The molecule has 0 aliphatic carbocycles. The van der Waals surface area contributed by atoms with E-state index < -0.39 is 8.32 Å². The molecule has 0 saturated carbocycles. The van der Waals surface area contributed by atoms with Crippen molar-refractivity contribution in [3.05, 3.63) is 28.7 Å². The highest BCUT2D eigenvalue weighted by Crippen LogP contribution is 2.38. The summed E-state index contributed by atoms with van der Waals surface area (Å²) in [4.78, 5) is 2.46. The number of hydrogen-bond acceptors (Lipinski definition) is 2. The summed E-state index contributed by atoms with van der Waals surface area (Å²) < 4.78 is 7.80. The highest BCUT2D eigenvalue weighted by atomic mass is 79.9. The van der Waals surface area contributed by atoms with Crippen molar-refractivity contribution in [1.29, 1.82) is 0 Å². The quantitative estimate of drug-likeness (QED) is 0.657. The van der Waals surface area contributed by atoms with E-state index in [1.54, 1.807) is 0 Å². The van der Waals surface area contributed by atoms with Gasteiger partial charge in [-0.2, -0.15) is 0 Å². The third-order valence-electron chi connectivity index (χ3n) is 4.84. The summed E-state index contributed by atoms with van der Waals surface area (Å²) in [6.45, 7) is 13.8. The molecular formula is C17H28BrNOSi. The predicted octanol–water partition coefficient (Wildman–Crippen LogP) is 5.44. The lowest BCUT2D eigenvalue weighted by molar-refractivity contribution is 0.160. The zero-order chi connectivity index (χ0) is 15.7. The van der Waals surface area contributed by atoms with Crippen LogP contribution in [-0.2, 0) is 4.43 Å². The topological polar surface area (TPSA) is 12.5 Å². The van der Waals surface area contributed by atoms with Gasteiger partial charge < -0.3 is 9.33 Å². The molecule has 0 radical (unpaired) electrons. The van der Waals surface area contributed by atoms with Crippen molar-refractivity contribution in [2.45, 2.75) is 57.8 Å². The molecule has 1 aromatic carbocycles. The van der Waals surface area contributed by atoms with Gasteiger partial charge >= 0.3 is 0 Å². The van der Waals surface area contributed by atoms with Crippen LogP contribution in [0, 0.1) is 0 Å². The second-order valence-electron chi connectivity index (χ2n) is 7.54. The summed E-state index contributed by atoms with van der Waals surface area (Å²) >= 11 is 3.67. The third kappa shape index (κ3) is 4.11. The Hall–Kier alpha value is -0.323. The van der Waals surface area contributed by atoms with Gasteiger partial charge in [-0.25, -0.2) is 0 Å². The lowest BCUT2D eigenvalue weighted by Gasteiger charge is -2.43. The first-order valence-electron chi connectivity index (χ1n) is 7.88. The minimum Gasteiger partial charge on any atom is -0.412 e. The smallest absolute Gasteiger partial charge is 0.192 e. The van der Waals surface area contributed by atoms with Gasteiger partial charge in [-0.05, 0) is 59.0 Å². The van der Waals surface area contributed by atoms with Crippen molar-refractivity contribution in [2.24, 2.45) is 0 Å². The van der Waals surface area contributed by atoms with Gasteiger partial charge in [0.2, 0.25) is 0 Å². The maximum absolute atomic E-state index is 6.62. The normalized spacial score (nSPS) is 20.7. The summed E-state index contributed by atoms with van der Waals surface area (Å²) in [6.07, 6.45) is 2.76. The maximum atomic E-state index is 6.62. The highest BCUT2D eigenvalue weighted by molar-refractivity contribution is 9.10. The summed E-state index contributed by atoms with van der Waals surface area (Å²) in [5, 5.41) is 0.280. The van der Waals surface area contributed by atoms with Crippen LogP contribution in [0.1, 0.15) is 33.6 Å². The third-order valence-corrected chi connectivity index (χ3v) is 10.0. The number of anilines is 1. The largest absolute Gasteiger partial charge is 0.412 e. The van der Waals surface area contributed by atoms with Gasteiger partial charge in [0.05, 0.1) is 11.8 Å². The second-order valence-corrected chi connectivity index (χ2v) is 13.2. The Balaban J connectivity index is 2.07. The molecule has 0 spiro atoms. The van der Waals surface area contributed by atoms with E-state index in [1.807, 2.05) is 0 Å². The average Bonchev–Trinajstić information content (AvgIpc) is 2.37. The molecule has 0 aromatic heterocycles. The first-order valence-corrected chi connectivity index (χ1v) is 11.6. The standard InChI is InChI=1S/C17H28BrNOSi/c1-17(2,3)21(4,5)20-14-9-8-12-19(13-14)16-11-7-6-10-15(16)18/h6-7,10-11,14H,8-9,12-13H2,1-5H3/t14-/m1/s1. The van der Waals surface area contributed by atoms with Crippen LogP contribution in [0.4, 0.5) is 5.69 Å². The zero-order valence-corrected chi connectivity index (χ0v) is 16.5. The number of benzene rings is 1. The SMILES string of the molecule is CC(C)(C)[Si](C)(C)O[C@@H]1CCCN(c2ccccc2Br)C1. The highest BCUT2D eigenvalue weighted by Gasteiger charge is 2.39. The van der Waals surface area contributed by atoms with E-state index >= 15 is 0 Å². The minimum atomic E-state index is -1.67. The number of rotatable bonds is 3. The van der Waals surface area contributed by atoms with E-state index in [-0.39, 0.29) is 5.04 Å². The van der Waals surface area contributed by atoms with Crippen LogP contribution in [-0.4, -0.2) is 27.5 Å². The molecular weight excluding hydrogens is 342 g/mol. The Kier molecular flexibility index (Phi) is 5.22. The molecule has 118 valence electrons. The monoisotopic (exact) mass is 369 g/mol. The van der Waals surface area contributed by atoms with Crippen molar-refractivity contribution < 1.29 is 4.43 Å². The first-order chi connectivity index (χ1) is 9.71. The molecule has 1 fully saturated rings. The molecule has 2 rings (SSSR count). The van der Waals surface area contributed by atoms with Gasteiger partial charge in [0.15, 0.2) is 8.32 Å². The Morgan fingerprint density at radius 2 is 1.90 bits per heavy atom. The molecule has 1 atom stereocenters. The van der Waals surface area contributed by atoms with Crippen LogP contribution in [0.2, 0.25) is 18.1 Å². The average molecular weight is 370 g/mol. The van der Waals surface area contributed by atoms with Crippen molar-refractivity contribution in [2.75, 3.05) is 18.0 Å². The molecule has 1 saturated heterocycles. The number of halogens is 1. The number of para-hydroxylation sites is 1. The Morgan fingerprint density at radius 3 is 2.52 bits per heavy atom. The van der Waals surface area contributed by atoms with Crippen LogP contribution in [0.5, 0.6) is 0 Å². The number of piperidine rings is 1. The fraction of sp³-hybridized carbons (Fsp3) is 0.647. The van der Waals surface area contributed by atoms with E-state index in [2.05, 4.69) is 79.0 Å². The number of hydrogen-bond donors (Lipinski definition) is 0. The molecule has 0 bridgehead atoms. The Labute approximate surface area is 139 Å². The van der Waals surface area contributed by atoms with Crippen LogP contribution in [0.25, 0.3) is 0 Å². The van der Waals surface area contributed by atoms with Crippen molar-refractivity contribution in [3.63, 3.8) is 0 Å². The lowest BCUT2D eigenvalue weighted by Crippen LogP contribution is -2.49. The summed E-state index contributed by atoms with van der Waals surface area (Å²) in [7, 11) is -1.67. The molecule has 1 aromatic rings. The van der Waals surface area contributed by atoms with Gasteiger partial charge in [-0.1, -0.05) is 32.9 Å². The Morgan fingerprint density at radius 1 is 1.24 bits per heavy atom. The maximum Gasteiger partial charge on any atom is 0.192 e. The van der Waals surface area contributed by atoms with Crippen LogP contribution in [0.15, 0.2) is 28.7 Å². The lowest BCUT2D eigenvalue weighted by atomic mass is 10.1. The fourth-order valence-corrected chi connectivity index (χ4v) is 4.47. The van der Waals surface area contributed by atoms with Crippen LogP contribution < -0.4 is 4.90 Å². The Bertz CT molecular complexity index is 484. The molecule has 0 N–H and O–H groups in total. The van der Waals surface area contributed by atoms with E-state index in [9.17, 15) is 0 Å². The first kappa shape index (κ1) is 17.0.